The standard InChI is InChI=1S/C26H28N2O2/c1-30-25-15-6-5-11-21(25)18-23-13-7-14-24(27-23)22-12-8-16-28(19-22)26(29)17-20-9-3-2-4-10-20/h2-7,9-11,13-15,22H,8,12,16-19H2,1H3/t22-/m0/s1. The smallest absolute Gasteiger partial charge is 0.227 e. The fraction of sp³-hybridized carbons (Fsp3) is 0.308. The first-order valence-corrected chi connectivity index (χ1v) is 10.6. The molecule has 1 aromatic heterocycles. The Labute approximate surface area is 178 Å². The average Bonchev–Trinajstić information content (AvgIpc) is 2.80. The van der Waals surface area contributed by atoms with Gasteiger partial charge in [-0.3, -0.25) is 9.78 Å². The highest BCUT2D eigenvalue weighted by molar-refractivity contribution is 5.79. The monoisotopic (exact) mass is 400 g/mol. The molecule has 1 amide bonds. The number of hydrogen-bond acceptors (Lipinski definition) is 3. The second kappa shape index (κ2) is 9.57. The van der Waals surface area contributed by atoms with E-state index in [2.05, 4.69) is 24.3 Å². The molecule has 4 nitrogen and oxygen atoms in total. The molecule has 1 aliphatic heterocycles. The maximum absolute atomic E-state index is 12.8. The van der Waals surface area contributed by atoms with Gasteiger partial charge in [0, 0.05) is 42.4 Å². The third kappa shape index (κ3) is 4.88. The molecule has 30 heavy (non-hydrogen) atoms. The number of aromatic nitrogens is 1. The molecule has 1 aliphatic rings. The van der Waals surface area contributed by atoms with Gasteiger partial charge in [-0.1, -0.05) is 54.6 Å². The number of rotatable bonds is 6. The van der Waals surface area contributed by atoms with Crippen molar-refractivity contribution in [2.75, 3.05) is 20.2 Å². The van der Waals surface area contributed by atoms with E-state index in [0.717, 1.165) is 60.6 Å². The van der Waals surface area contributed by atoms with Crippen molar-refractivity contribution in [3.63, 3.8) is 0 Å². The maximum Gasteiger partial charge on any atom is 0.227 e. The van der Waals surface area contributed by atoms with Crippen molar-refractivity contribution in [3.05, 3.63) is 95.3 Å². The predicted molar refractivity (Wildman–Crippen MR) is 119 cm³/mol. The number of benzene rings is 2. The van der Waals surface area contributed by atoms with Gasteiger partial charge in [0.2, 0.25) is 5.91 Å². The first-order chi connectivity index (χ1) is 14.7. The van der Waals surface area contributed by atoms with Gasteiger partial charge in [0.1, 0.15) is 5.75 Å². The van der Waals surface area contributed by atoms with Crippen LogP contribution in [0.1, 0.15) is 41.3 Å². The van der Waals surface area contributed by atoms with Crippen LogP contribution in [0.25, 0.3) is 0 Å². The maximum atomic E-state index is 12.8. The minimum absolute atomic E-state index is 0.205. The van der Waals surface area contributed by atoms with Gasteiger partial charge in [-0.2, -0.15) is 0 Å². The second-order valence-corrected chi connectivity index (χ2v) is 7.88. The van der Waals surface area contributed by atoms with Gasteiger partial charge in [-0.25, -0.2) is 0 Å². The van der Waals surface area contributed by atoms with Crippen LogP contribution in [0.3, 0.4) is 0 Å². The molecule has 0 spiro atoms. The molecule has 0 radical (unpaired) electrons. The molecule has 154 valence electrons. The number of amides is 1. The number of carbonyl (C=O) groups is 1. The Morgan fingerprint density at radius 1 is 1.03 bits per heavy atom. The van der Waals surface area contributed by atoms with E-state index in [-0.39, 0.29) is 11.8 Å². The average molecular weight is 401 g/mol. The van der Waals surface area contributed by atoms with Crippen molar-refractivity contribution < 1.29 is 9.53 Å². The predicted octanol–water partition coefficient (Wildman–Crippen LogP) is 4.63. The van der Waals surface area contributed by atoms with Crippen molar-refractivity contribution in [3.8, 4) is 5.75 Å². The van der Waals surface area contributed by atoms with Crippen LogP contribution in [0.4, 0.5) is 0 Å². The zero-order valence-electron chi connectivity index (χ0n) is 17.5. The Morgan fingerprint density at radius 2 is 1.83 bits per heavy atom. The third-order valence-corrected chi connectivity index (χ3v) is 5.78. The molecule has 2 heterocycles. The van der Waals surface area contributed by atoms with Gasteiger partial charge in [-0.05, 0) is 36.6 Å². The molecule has 0 saturated carbocycles. The lowest BCUT2D eigenvalue weighted by atomic mass is 9.93. The Morgan fingerprint density at radius 3 is 2.67 bits per heavy atom. The van der Waals surface area contributed by atoms with Crippen LogP contribution in [-0.2, 0) is 17.6 Å². The van der Waals surface area contributed by atoms with Crippen LogP contribution in [0.2, 0.25) is 0 Å². The quantitative estimate of drug-likeness (QED) is 0.606. The Hall–Kier alpha value is -3.14. The van der Waals surface area contributed by atoms with Crippen molar-refractivity contribution in [2.24, 2.45) is 0 Å². The molecule has 0 aliphatic carbocycles. The molecule has 4 rings (SSSR count). The number of methoxy groups -OCH3 is 1. The third-order valence-electron chi connectivity index (χ3n) is 5.78. The SMILES string of the molecule is COc1ccccc1Cc1cccc([C@H]2CCCN(C(=O)Cc3ccccc3)C2)n1. The Balaban J connectivity index is 1.44. The van der Waals surface area contributed by atoms with E-state index in [4.69, 9.17) is 9.72 Å². The van der Waals surface area contributed by atoms with Crippen molar-refractivity contribution in [1.29, 1.82) is 0 Å². The topological polar surface area (TPSA) is 42.4 Å². The summed E-state index contributed by atoms with van der Waals surface area (Å²) in [5, 5.41) is 0. The Bertz CT molecular complexity index is 987. The Kier molecular flexibility index (Phi) is 6.43. The van der Waals surface area contributed by atoms with Gasteiger partial charge in [0.05, 0.1) is 13.5 Å². The van der Waals surface area contributed by atoms with Gasteiger partial charge in [0.25, 0.3) is 0 Å². The van der Waals surface area contributed by atoms with E-state index in [1.165, 1.54) is 0 Å². The van der Waals surface area contributed by atoms with E-state index >= 15 is 0 Å². The van der Waals surface area contributed by atoms with Crippen LogP contribution in [0.15, 0.2) is 72.8 Å². The number of para-hydroxylation sites is 1. The molecule has 0 bridgehead atoms. The first-order valence-electron chi connectivity index (χ1n) is 10.6. The molecule has 3 aromatic rings. The molecule has 4 heteroatoms. The van der Waals surface area contributed by atoms with Gasteiger partial charge in [0.15, 0.2) is 0 Å². The minimum atomic E-state index is 0.205. The van der Waals surface area contributed by atoms with Gasteiger partial charge >= 0.3 is 0 Å². The highest BCUT2D eigenvalue weighted by Crippen LogP contribution is 2.27. The fourth-order valence-corrected chi connectivity index (χ4v) is 4.20. The van der Waals surface area contributed by atoms with Gasteiger partial charge in [-0.15, -0.1) is 0 Å². The molecular formula is C26H28N2O2. The summed E-state index contributed by atoms with van der Waals surface area (Å²) in [6, 6.07) is 24.3. The van der Waals surface area contributed by atoms with Crippen LogP contribution in [0.5, 0.6) is 5.75 Å². The molecule has 1 fully saturated rings. The zero-order chi connectivity index (χ0) is 20.8. The summed E-state index contributed by atoms with van der Waals surface area (Å²) in [6.45, 7) is 1.58. The summed E-state index contributed by atoms with van der Waals surface area (Å²) in [5.41, 5.74) is 4.32. The van der Waals surface area contributed by atoms with Crippen LogP contribution >= 0.6 is 0 Å². The number of carbonyl (C=O) groups excluding carboxylic acids is 1. The molecule has 1 saturated heterocycles. The summed E-state index contributed by atoms with van der Waals surface area (Å²) in [5.74, 6) is 1.38. The number of pyridine rings is 1. The minimum Gasteiger partial charge on any atom is -0.496 e. The van der Waals surface area contributed by atoms with Gasteiger partial charge < -0.3 is 9.64 Å². The highest BCUT2D eigenvalue weighted by atomic mass is 16.5. The number of ether oxygens (including phenoxy) is 1. The zero-order valence-corrected chi connectivity index (χ0v) is 17.5. The highest BCUT2D eigenvalue weighted by Gasteiger charge is 2.25. The number of likely N-dealkylation sites (tertiary alicyclic amines) is 1. The van der Waals surface area contributed by atoms with E-state index in [0.29, 0.717) is 6.42 Å². The summed E-state index contributed by atoms with van der Waals surface area (Å²) in [4.78, 5) is 19.8. The largest absolute Gasteiger partial charge is 0.496 e. The molecular weight excluding hydrogens is 372 g/mol. The lowest BCUT2D eigenvalue weighted by Crippen LogP contribution is -2.40. The second-order valence-electron chi connectivity index (χ2n) is 7.88. The van der Waals surface area contributed by atoms with Crippen LogP contribution < -0.4 is 4.74 Å². The number of hydrogen-bond donors (Lipinski definition) is 0. The summed E-state index contributed by atoms with van der Waals surface area (Å²) < 4.78 is 5.48. The summed E-state index contributed by atoms with van der Waals surface area (Å²) in [6.07, 6.45) is 3.29. The number of piperidine rings is 1. The van der Waals surface area contributed by atoms with Crippen LogP contribution in [-0.4, -0.2) is 36.0 Å². The molecule has 1 atom stereocenters. The molecule has 0 unspecified atom stereocenters. The van der Waals surface area contributed by atoms with Crippen molar-refractivity contribution in [2.45, 2.75) is 31.6 Å². The van der Waals surface area contributed by atoms with Crippen molar-refractivity contribution in [1.82, 2.24) is 9.88 Å². The normalized spacial score (nSPS) is 16.3. The lowest BCUT2D eigenvalue weighted by Gasteiger charge is -2.32. The lowest BCUT2D eigenvalue weighted by molar-refractivity contribution is -0.131. The fourth-order valence-electron chi connectivity index (χ4n) is 4.20. The van der Waals surface area contributed by atoms with E-state index < -0.39 is 0 Å². The first kappa shape index (κ1) is 20.1. The van der Waals surface area contributed by atoms with E-state index in [9.17, 15) is 4.79 Å². The van der Waals surface area contributed by atoms with E-state index in [1.54, 1.807) is 7.11 Å². The molecule has 0 N–H and O–H groups in total. The van der Waals surface area contributed by atoms with Crippen LogP contribution in [0, 0.1) is 0 Å². The van der Waals surface area contributed by atoms with E-state index in [1.807, 2.05) is 53.4 Å². The van der Waals surface area contributed by atoms with Crippen molar-refractivity contribution >= 4 is 5.91 Å². The summed E-state index contributed by atoms with van der Waals surface area (Å²) in [7, 11) is 1.70. The molecule has 2 aromatic carbocycles. The summed E-state index contributed by atoms with van der Waals surface area (Å²) >= 11 is 0. The number of nitrogens with zero attached hydrogens (tertiary/aromatic N) is 2.